The molecule has 2 rings (SSSR count). The number of amides is 1. The summed E-state index contributed by atoms with van der Waals surface area (Å²) in [6.45, 7) is 21.9. The third kappa shape index (κ3) is 23.1. The second kappa shape index (κ2) is 32.3. The minimum Gasteiger partial charge on any atom is -0.466 e. The van der Waals surface area contributed by atoms with Gasteiger partial charge in [0.15, 0.2) is 5.13 Å². The third-order valence-corrected chi connectivity index (χ3v) is 4.70. The Bertz CT molecular complexity index is 443. The maximum absolute atomic E-state index is 10.1. The van der Waals surface area contributed by atoms with Crippen molar-refractivity contribution in [1.29, 1.82) is 0 Å². The second-order valence-corrected chi connectivity index (χ2v) is 6.83. The van der Waals surface area contributed by atoms with E-state index in [4.69, 9.17) is 0 Å². The first kappa shape index (κ1) is 38.4. The van der Waals surface area contributed by atoms with Gasteiger partial charge in [-0.3, -0.25) is 0 Å². The van der Waals surface area contributed by atoms with Crippen LogP contribution in [0.25, 0.3) is 0 Å². The van der Waals surface area contributed by atoms with E-state index in [1.54, 1.807) is 6.41 Å². The number of hydrogen-bond donors (Lipinski definition) is 2. The standard InChI is InChI=1S/C9H14N5OS.C8H17.3C2H6.Sm/c1-2-14-4-3-7(5-14)11-9-13-12-8(16-9)10-6-15;1-3-5-7-8-6-4-2;3*1-2;/h7H,2-5H2,1H3,(H,11,13)(H,10,12,15);5H,3-4,6-8H2,1-2H3;3*1-2H3;/q2*-1;;;;. The minimum atomic E-state index is 0. The molecule has 0 radical (unpaired) electrons. The van der Waals surface area contributed by atoms with Gasteiger partial charge in [-0.05, 0) is 13.0 Å². The van der Waals surface area contributed by atoms with Crippen LogP contribution < -0.4 is 10.6 Å². The fourth-order valence-corrected chi connectivity index (χ4v) is 3.20. The van der Waals surface area contributed by atoms with Crippen molar-refractivity contribution in [2.75, 3.05) is 30.3 Å². The van der Waals surface area contributed by atoms with Crippen LogP contribution in [-0.2, 0) is 4.79 Å². The van der Waals surface area contributed by atoms with Crippen molar-refractivity contribution < 1.29 is 45.2 Å². The zero-order valence-electron chi connectivity index (χ0n) is 21.6. The fraction of sp³-hybridized carbons (Fsp3) is 0.826. The molecule has 2 heterocycles. The molecule has 0 spiro atoms. The van der Waals surface area contributed by atoms with Gasteiger partial charge in [-0.2, -0.15) is 24.2 Å². The van der Waals surface area contributed by atoms with Crippen molar-refractivity contribution in [3.63, 3.8) is 0 Å². The number of rotatable bonds is 10. The molecule has 1 aliphatic heterocycles. The minimum absolute atomic E-state index is 0. The molecule has 1 amide bonds. The average molecular weight is 594 g/mol. The molecule has 31 heavy (non-hydrogen) atoms. The molecule has 6 nitrogen and oxygen atoms in total. The first-order chi connectivity index (χ1) is 14.7. The molecule has 1 saturated heterocycles. The van der Waals surface area contributed by atoms with Crippen LogP contribution >= 0.6 is 11.3 Å². The van der Waals surface area contributed by atoms with Gasteiger partial charge < -0.3 is 26.7 Å². The summed E-state index contributed by atoms with van der Waals surface area (Å²) < 4.78 is 0. The summed E-state index contributed by atoms with van der Waals surface area (Å²) in [6, 6.07) is 0.431. The van der Waals surface area contributed by atoms with Gasteiger partial charge in [-0.15, -0.1) is 5.10 Å². The summed E-state index contributed by atoms with van der Waals surface area (Å²) in [4.78, 5) is 12.5. The van der Waals surface area contributed by atoms with Gasteiger partial charge in [0.05, 0.1) is 11.5 Å². The molecular weight excluding hydrogens is 545 g/mol. The number of hydrogen-bond acceptors (Lipinski definition) is 6. The molecule has 8 heteroatoms. The van der Waals surface area contributed by atoms with Gasteiger partial charge in [0.25, 0.3) is 0 Å². The maximum atomic E-state index is 10.1. The Morgan fingerprint density at radius 2 is 1.68 bits per heavy atom. The van der Waals surface area contributed by atoms with E-state index in [9.17, 15) is 4.79 Å². The number of nitrogens with one attached hydrogen (secondary N) is 2. The third-order valence-electron chi connectivity index (χ3n) is 3.93. The summed E-state index contributed by atoms with van der Waals surface area (Å²) in [5.74, 6) is 0. The average Bonchev–Trinajstić information content (AvgIpc) is 3.46. The SMILES string of the molecule is CC.CC.CC.CCN1CCC(Nc2nnc(N[C-]=O)s2)C1.CC[CH-]CCCCC.[Sm]. The quantitative estimate of drug-likeness (QED) is 0.178. The zero-order chi connectivity index (χ0) is 23.6. The van der Waals surface area contributed by atoms with Crippen LogP contribution in [0.15, 0.2) is 0 Å². The van der Waals surface area contributed by atoms with E-state index in [2.05, 4.69) is 52.9 Å². The topological polar surface area (TPSA) is 70.2 Å². The number of nitrogens with zero attached hydrogens (tertiary/aromatic N) is 3. The predicted molar refractivity (Wildman–Crippen MR) is 136 cm³/mol. The number of anilines is 2. The molecule has 0 saturated carbocycles. The number of unbranched alkanes of at least 4 members (excludes halogenated alkanes) is 5. The first-order valence-corrected chi connectivity index (χ1v) is 12.8. The number of carbonyl (C=O) groups excluding carboxylic acids is 1. The summed E-state index contributed by atoms with van der Waals surface area (Å²) >= 11 is 1.33. The van der Waals surface area contributed by atoms with E-state index in [0.717, 1.165) is 31.2 Å². The van der Waals surface area contributed by atoms with E-state index in [1.807, 2.05) is 41.5 Å². The second-order valence-electron chi connectivity index (χ2n) is 5.86. The van der Waals surface area contributed by atoms with Crippen molar-refractivity contribution in [3.05, 3.63) is 6.42 Å². The van der Waals surface area contributed by atoms with Gasteiger partial charge in [0.1, 0.15) is 0 Å². The predicted octanol–water partition coefficient (Wildman–Crippen LogP) is 6.78. The van der Waals surface area contributed by atoms with Crippen LogP contribution in [0.3, 0.4) is 0 Å². The number of likely N-dealkylation sites (tertiary alicyclic amines) is 1. The number of aromatic nitrogens is 2. The Hall–Kier alpha value is 0.128. The smallest absolute Gasteiger partial charge is 0.187 e. The maximum Gasteiger partial charge on any atom is 0.187 e. The van der Waals surface area contributed by atoms with E-state index in [1.165, 1.54) is 43.4 Å². The van der Waals surface area contributed by atoms with Crippen molar-refractivity contribution in [2.45, 2.75) is 107 Å². The Kier molecular flexibility index (Phi) is 40.0. The Labute approximate surface area is 230 Å². The fourth-order valence-electron chi connectivity index (χ4n) is 2.53. The molecule has 0 bridgehead atoms. The van der Waals surface area contributed by atoms with Crippen molar-refractivity contribution in [3.8, 4) is 0 Å². The molecule has 0 aromatic carbocycles. The van der Waals surface area contributed by atoms with Gasteiger partial charge in [-0.25, -0.2) is 5.10 Å². The zero-order valence-corrected chi connectivity index (χ0v) is 25.0. The molecule has 1 fully saturated rings. The van der Waals surface area contributed by atoms with Crippen molar-refractivity contribution >= 4 is 28.0 Å². The van der Waals surface area contributed by atoms with Crippen LogP contribution in [-0.4, -0.2) is 47.2 Å². The summed E-state index contributed by atoms with van der Waals surface area (Å²) in [5.41, 5.74) is 0. The van der Waals surface area contributed by atoms with Crippen LogP contribution in [0.1, 0.15) is 101 Å². The molecule has 186 valence electrons. The summed E-state index contributed by atoms with van der Waals surface area (Å²) in [6.07, 6.45) is 11.8. The largest absolute Gasteiger partial charge is 0.466 e. The van der Waals surface area contributed by atoms with Crippen LogP contribution in [0.4, 0.5) is 10.3 Å². The molecular formula is C23H49N5OSSm-2. The Morgan fingerprint density at radius 3 is 2.16 bits per heavy atom. The van der Waals surface area contributed by atoms with E-state index < -0.39 is 0 Å². The van der Waals surface area contributed by atoms with Gasteiger partial charge >= 0.3 is 0 Å². The monoisotopic (exact) mass is 595 g/mol. The molecule has 2 N–H and O–H groups in total. The Balaban J connectivity index is -0.000000208. The van der Waals surface area contributed by atoms with Gasteiger partial charge in [-0.1, -0.05) is 81.6 Å². The van der Waals surface area contributed by atoms with Crippen LogP contribution in [0.5, 0.6) is 0 Å². The van der Waals surface area contributed by atoms with Gasteiger partial charge in [0, 0.05) is 59.5 Å². The first-order valence-electron chi connectivity index (χ1n) is 12.0. The van der Waals surface area contributed by atoms with Gasteiger partial charge in [0.2, 0.25) is 0 Å². The summed E-state index contributed by atoms with van der Waals surface area (Å²) in [7, 11) is 0. The van der Waals surface area contributed by atoms with E-state index >= 15 is 0 Å². The van der Waals surface area contributed by atoms with Crippen molar-refractivity contribution in [2.24, 2.45) is 0 Å². The van der Waals surface area contributed by atoms with Crippen LogP contribution in [0.2, 0.25) is 0 Å². The number of likely N-dealkylation sites (N-methyl/N-ethyl adjacent to an activating group) is 1. The molecule has 0 aliphatic carbocycles. The summed E-state index contributed by atoms with van der Waals surface area (Å²) in [5, 5.41) is 14.7. The van der Waals surface area contributed by atoms with E-state index in [0.29, 0.717) is 11.2 Å². The molecule has 1 aromatic rings. The van der Waals surface area contributed by atoms with Crippen molar-refractivity contribution in [1.82, 2.24) is 15.1 Å². The molecule has 1 atom stereocenters. The molecule has 1 unspecified atom stereocenters. The van der Waals surface area contributed by atoms with E-state index in [-0.39, 0.29) is 40.4 Å². The normalized spacial score (nSPS) is 13.9. The Morgan fingerprint density at radius 1 is 1.06 bits per heavy atom. The van der Waals surface area contributed by atoms with Crippen LogP contribution in [0, 0.1) is 46.8 Å². The molecule has 1 aromatic heterocycles. The molecule has 1 aliphatic rings.